The van der Waals surface area contributed by atoms with Gasteiger partial charge in [-0.1, -0.05) is 12.1 Å². The Labute approximate surface area is 84.6 Å². The summed E-state index contributed by atoms with van der Waals surface area (Å²) in [6, 6.07) is 4.75. The van der Waals surface area contributed by atoms with Gasteiger partial charge in [-0.15, -0.1) is 0 Å². The van der Waals surface area contributed by atoms with Crippen LogP contribution in [-0.2, 0) is 15.8 Å². The molecule has 0 amide bonds. The molecular formula is C7H8BrNO3S. The Hall–Kier alpha value is -0.590. The van der Waals surface area contributed by atoms with E-state index in [4.69, 9.17) is 5.14 Å². The molecule has 0 aliphatic carbocycles. The number of phenolic OH excluding ortho intramolecular Hbond substituents is 1. The fourth-order valence-corrected chi connectivity index (χ4v) is 1.97. The number of rotatable bonds is 2. The van der Waals surface area contributed by atoms with E-state index in [2.05, 4.69) is 15.9 Å². The molecule has 3 N–H and O–H groups in total. The van der Waals surface area contributed by atoms with Crippen LogP contribution in [0.3, 0.4) is 0 Å². The number of halogens is 1. The fraction of sp³-hybridized carbons (Fsp3) is 0.143. The highest BCUT2D eigenvalue weighted by molar-refractivity contribution is 9.10. The summed E-state index contributed by atoms with van der Waals surface area (Å²) in [6.45, 7) is 0. The molecule has 1 aromatic rings. The van der Waals surface area contributed by atoms with Gasteiger partial charge in [-0.25, -0.2) is 13.6 Å². The van der Waals surface area contributed by atoms with Gasteiger partial charge >= 0.3 is 0 Å². The fourth-order valence-electron chi connectivity index (χ4n) is 0.893. The van der Waals surface area contributed by atoms with Crippen LogP contribution >= 0.6 is 15.9 Å². The first kappa shape index (κ1) is 10.5. The van der Waals surface area contributed by atoms with Gasteiger partial charge in [0.2, 0.25) is 10.0 Å². The SMILES string of the molecule is NS(=O)(=O)Cc1cccc(Br)c1O. The van der Waals surface area contributed by atoms with Gasteiger partial charge in [0, 0.05) is 5.56 Å². The van der Waals surface area contributed by atoms with Gasteiger partial charge in [0.05, 0.1) is 10.2 Å². The third-order valence-corrected chi connectivity index (χ3v) is 2.78. The molecule has 0 spiro atoms. The molecule has 4 nitrogen and oxygen atoms in total. The summed E-state index contributed by atoms with van der Waals surface area (Å²) in [4.78, 5) is 0. The topological polar surface area (TPSA) is 80.4 Å². The second-order valence-electron chi connectivity index (χ2n) is 2.55. The lowest BCUT2D eigenvalue weighted by Gasteiger charge is -2.03. The lowest BCUT2D eigenvalue weighted by molar-refractivity contribution is 0.466. The summed E-state index contributed by atoms with van der Waals surface area (Å²) >= 11 is 3.07. The lowest BCUT2D eigenvalue weighted by Crippen LogP contribution is -2.14. The number of nitrogens with two attached hydrogens (primary N) is 1. The molecule has 0 aliphatic heterocycles. The van der Waals surface area contributed by atoms with Crippen LogP contribution in [0.4, 0.5) is 0 Å². The molecule has 0 atom stereocenters. The molecule has 6 heteroatoms. The molecule has 0 aliphatic rings. The Balaban J connectivity index is 3.10. The van der Waals surface area contributed by atoms with Crippen molar-refractivity contribution in [3.8, 4) is 5.75 Å². The first-order valence-corrected chi connectivity index (χ1v) is 5.88. The summed E-state index contributed by atoms with van der Waals surface area (Å²) in [6.07, 6.45) is 0. The molecule has 1 rings (SSSR count). The maximum Gasteiger partial charge on any atom is 0.213 e. The molecule has 0 aromatic heterocycles. The third kappa shape index (κ3) is 2.98. The number of primary sulfonamides is 1. The van der Waals surface area contributed by atoms with Crippen molar-refractivity contribution >= 4 is 26.0 Å². The Bertz CT molecular complexity index is 416. The van der Waals surface area contributed by atoms with Crippen LogP contribution in [0.1, 0.15) is 5.56 Å². The number of para-hydroxylation sites is 1. The summed E-state index contributed by atoms with van der Waals surface area (Å²) in [5.41, 5.74) is 0.289. The van der Waals surface area contributed by atoms with Crippen molar-refractivity contribution in [3.05, 3.63) is 28.2 Å². The van der Waals surface area contributed by atoms with Crippen molar-refractivity contribution in [2.75, 3.05) is 0 Å². The van der Waals surface area contributed by atoms with Crippen LogP contribution < -0.4 is 5.14 Å². The summed E-state index contributed by atoms with van der Waals surface area (Å²) in [5.74, 6) is -0.449. The monoisotopic (exact) mass is 265 g/mol. The second-order valence-corrected chi connectivity index (χ2v) is 5.02. The molecule has 0 bridgehead atoms. The van der Waals surface area contributed by atoms with E-state index in [1.165, 1.54) is 6.07 Å². The number of benzene rings is 1. The van der Waals surface area contributed by atoms with E-state index in [0.717, 1.165) is 0 Å². The highest BCUT2D eigenvalue weighted by Gasteiger charge is 2.10. The first-order chi connectivity index (χ1) is 5.90. The molecule has 0 saturated carbocycles. The molecule has 0 radical (unpaired) electrons. The molecule has 13 heavy (non-hydrogen) atoms. The van der Waals surface area contributed by atoms with Gasteiger partial charge in [-0.2, -0.15) is 0 Å². The van der Waals surface area contributed by atoms with E-state index in [0.29, 0.717) is 4.47 Å². The quantitative estimate of drug-likeness (QED) is 0.836. The van der Waals surface area contributed by atoms with E-state index in [9.17, 15) is 13.5 Å². The van der Waals surface area contributed by atoms with Crippen LogP contribution in [-0.4, -0.2) is 13.5 Å². The lowest BCUT2D eigenvalue weighted by atomic mass is 10.2. The minimum Gasteiger partial charge on any atom is -0.506 e. The number of hydrogen-bond acceptors (Lipinski definition) is 3. The van der Waals surface area contributed by atoms with Crippen LogP contribution in [0, 0.1) is 0 Å². The van der Waals surface area contributed by atoms with Crippen molar-refractivity contribution in [2.45, 2.75) is 5.75 Å². The van der Waals surface area contributed by atoms with Crippen molar-refractivity contribution in [1.82, 2.24) is 0 Å². The van der Waals surface area contributed by atoms with Gasteiger partial charge in [0.1, 0.15) is 5.75 Å². The van der Waals surface area contributed by atoms with Gasteiger partial charge in [-0.3, -0.25) is 0 Å². The van der Waals surface area contributed by atoms with E-state index in [1.54, 1.807) is 12.1 Å². The molecule has 72 valence electrons. The summed E-state index contributed by atoms with van der Waals surface area (Å²) in [5, 5.41) is 14.2. The molecule has 0 saturated heterocycles. The number of phenols is 1. The Morgan fingerprint density at radius 3 is 2.62 bits per heavy atom. The van der Waals surface area contributed by atoms with Crippen molar-refractivity contribution in [3.63, 3.8) is 0 Å². The Kier molecular flexibility index (Phi) is 2.94. The molecule has 0 heterocycles. The average Bonchev–Trinajstić information content (AvgIpc) is 1.96. The highest BCUT2D eigenvalue weighted by atomic mass is 79.9. The van der Waals surface area contributed by atoms with Gasteiger partial charge < -0.3 is 5.11 Å². The zero-order valence-electron chi connectivity index (χ0n) is 6.57. The minimum absolute atomic E-state index is 0.0866. The number of hydrogen-bond donors (Lipinski definition) is 2. The third-order valence-electron chi connectivity index (χ3n) is 1.43. The highest BCUT2D eigenvalue weighted by Crippen LogP contribution is 2.28. The minimum atomic E-state index is -3.60. The van der Waals surface area contributed by atoms with Crippen LogP contribution in [0.5, 0.6) is 5.75 Å². The summed E-state index contributed by atoms with van der Waals surface area (Å²) in [7, 11) is -3.60. The van der Waals surface area contributed by atoms with Gasteiger partial charge in [0.25, 0.3) is 0 Å². The maximum absolute atomic E-state index is 10.7. The molecule has 0 unspecified atom stereocenters. The predicted molar refractivity (Wildman–Crippen MR) is 52.6 cm³/mol. The number of sulfonamides is 1. The van der Waals surface area contributed by atoms with Crippen molar-refractivity contribution in [1.29, 1.82) is 0 Å². The van der Waals surface area contributed by atoms with Crippen molar-refractivity contribution < 1.29 is 13.5 Å². The maximum atomic E-state index is 10.7. The van der Waals surface area contributed by atoms with E-state index in [-0.39, 0.29) is 17.1 Å². The van der Waals surface area contributed by atoms with E-state index < -0.39 is 10.0 Å². The molecular weight excluding hydrogens is 258 g/mol. The van der Waals surface area contributed by atoms with Crippen LogP contribution in [0.2, 0.25) is 0 Å². The largest absolute Gasteiger partial charge is 0.506 e. The van der Waals surface area contributed by atoms with Crippen LogP contribution in [0.15, 0.2) is 22.7 Å². The Morgan fingerprint density at radius 2 is 2.08 bits per heavy atom. The van der Waals surface area contributed by atoms with Crippen molar-refractivity contribution in [2.24, 2.45) is 5.14 Å². The van der Waals surface area contributed by atoms with E-state index >= 15 is 0 Å². The first-order valence-electron chi connectivity index (χ1n) is 3.37. The zero-order valence-corrected chi connectivity index (χ0v) is 8.97. The van der Waals surface area contributed by atoms with Gasteiger partial charge in [0.15, 0.2) is 0 Å². The number of aromatic hydroxyl groups is 1. The normalized spacial score (nSPS) is 11.5. The van der Waals surface area contributed by atoms with Gasteiger partial charge in [-0.05, 0) is 22.0 Å². The van der Waals surface area contributed by atoms with E-state index in [1.807, 2.05) is 0 Å². The Morgan fingerprint density at radius 1 is 1.46 bits per heavy atom. The van der Waals surface area contributed by atoms with Crippen LogP contribution in [0.25, 0.3) is 0 Å². The average molecular weight is 266 g/mol. The standard InChI is InChI=1S/C7H8BrNO3S/c8-6-3-1-2-5(7(6)10)4-13(9,11)12/h1-3,10H,4H2,(H2,9,11,12). The smallest absolute Gasteiger partial charge is 0.213 e. The molecule has 1 aromatic carbocycles. The second kappa shape index (κ2) is 3.65. The predicted octanol–water partition coefficient (Wildman–Crippen LogP) is 0.943. The zero-order chi connectivity index (χ0) is 10.1. The molecule has 0 fully saturated rings. The summed E-state index contributed by atoms with van der Waals surface area (Å²) < 4.78 is 21.9.